The van der Waals surface area contributed by atoms with Crippen molar-refractivity contribution in [3.05, 3.63) is 46.7 Å². The predicted octanol–water partition coefficient (Wildman–Crippen LogP) is 1.47. The molecule has 1 amide bonds. The molecule has 0 atom stereocenters. The number of amides is 1. The summed E-state index contributed by atoms with van der Waals surface area (Å²) < 4.78 is 29.2. The maximum Gasteiger partial charge on any atom is 0.265 e. The summed E-state index contributed by atoms with van der Waals surface area (Å²) in [5.41, 5.74) is 0.862. The second-order valence-corrected chi connectivity index (χ2v) is 10.6. The fourth-order valence-corrected chi connectivity index (χ4v) is 6.97. The van der Waals surface area contributed by atoms with Gasteiger partial charge in [0.15, 0.2) is 0 Å². The van der Waals surface area contributed by atoms with Crippen LogP contribution in [0.1, 0.15) is 22.5 Å². The third-order valence-electron chi connectivity index (χ3n) is 5.81. The van der Waals surface area contributed by atoms with Gasteiger partial charge in [0.25, 0.3) is 5.91 Å². The van der Waals surface area contributed by atoms with Gasteiger partial charge < -0.3 is 9.80 Å². The molecule has 10 nitrogen and oxygen atoms in total. The molecule has 2 aliphatic rings. The lowest BCUT2D eigenvalue weighted by molar-refractivity contribution is 0.0747. The van der Waals surface area contributed by atoms with Crippen LogP contribution >= 0.6 is 11.3 Å². The van der Waals surface area contributed by atoms with Crippen LogP contribution in [0, 0.1) is 0 Å². The fraction of sp³-hybridized carbons (Fsp3) is 0.400. The van der Waals surface area contributed by atoms with E-state index >= 15 is 0 Å². The molecule has 2 aliphatic heterocycles. The summed E-state index contributed by atoms with van der Waals surface area (Å²) in [4.78, 5) is 17.4. The Morgan fingerprint density at radius 1 is 0.938 bits per heavy atom. The lowest BCUT2D eigenvalue weighted by Crippen LogP contribution is -2.49. The van der Waals surface area contributed by atoms with Gasteiger partial charge in [0.1, 0.15) is 9.77 Å². The highest BCUT2D eigenvalue weighted by Gasteiger charge is 2.34. The van der Waals surface area contributed by atoms with Crippen molar-refractivity contribution in [2.45, 2.75) is 17.7 Å². The first-order valence-electron chi connectivity index (χ1n) is 10.5. The van der Waals surface area contributed by atoms with Gasteiger partial charge in [-0.25, -0.2) is 8.42 Å². The number of aromatic nitrogens is 4. The summed E-state index contributed by atoms with van der Waals surface area (Å²) in [6.07, 6.45) is 1.72. The molecule has 0 saturated carbocycles. The minimum Gasteiger partial charge on any atom is -0.336 e. The van der Waals surface area contributed by atoms with Crippen molar-refractivity contribution in [2.75, 3.05) is 44.2 Å². The van der Waals surface area contributed by atoms with Crippen LogP contribution in [-0.4, -0.2) is 83.0 Å². The van der Waals surface area contributed by atoms with E-state index in [0.717, 1.165) is 18.5 Å². The smallest absolute Gasteiger partial charge is 0.265 e. The number of tetrazole rings is 1. The molecule has 168 valence electrons. The van der Waals surface area contributed by atoms with E-state index in [4.69, 9.17) is 0 Å². The highest BCUT2D eigenvalue weighted by atomic mass is 32.2. The predicted molar refractivity (Wildman–Crippen MR) is 120 cm³/mol. The zero-order valence-corrected chi connectivity index (χ0v) is 19.0. The van der Waals surface area contributed by atoms with Gasteiger partial charge in [0.2, 0.25) is 16.0 Å². The number of para-hydroxylation sites is 1. The summed E-state index contributed by atoms with van der Waals surface area (Å²) in [5.74, 6) is 0.386. The van der Waals surface area contributed by atoms with E-state index < -0.39 is 10.0 Å². The molecule has 0 N–H and O–H groups in total. The van der Waals surface area contributed by atoms with Crippen molar-refractivity contribution in [2.24, 2.45) is 0 Å². The van der Waals surface area contributed by atoms with Crippen molar-refractivity contribution >= 4 is 33.2 Å². The number of benzene rings is 1. The van der Waals surface area contributed by atoms with Gasteiger partial charge in [-0.2, -0.15) is 8.99 Å². The molecular formula is C20H23N7O3S2. The van der Waals surface area contributed by atoms with Crippen LogP contribution < -0.4 is 4.90 Å². The van der Waals surface area contributed by atoms with Gasteiger partial charge in [0, 0.05) is 39.3 Å². The Bertz CT molecular complexity index is 1190. The van der Waals surface area contributed by atoms with Crippen LogP contribution in [0.4, 0.5) is 5.95 Å². The maximum atomic E-state index is 13.2. The van der Waals surface area contributed by atoms with E-state index in [-0.39, 0.29) is 10.8 Å². The average molecular weight is 474 g/mol. The number of nitrogens with zero attached hydrogens (tertiary/aromatic N) is 7. The van der Waals surface area contributed by atoms with E-state index in [0.29, 0.717) is 50.1 Å². The quantitative estimate of drug-likeness (QED) is 0.553. The van der Waals surface area contributed by atoms with Crippen LogP contribution in [0.3, 0.4) is 0 Å². The number of carbonyl (C=O) groups is 1. The van der Waals surface area contributed by atoms with Crippen molar-refractivity contribution in [1.82, 2.24) is 29.4 Å². The SMILES string of the molecule is O=C(c1sccc1S(=O)(=O)N1CCCC1)N1CCN(c2nnnn2-c2ccccc2)CC1. The van der Waals surface area contributed by atoms with E-state index in [1.54, 1.807) is 21.0 Å². The van der Waals surface area contributed by atoms with E-state index in [9.17, 15) is 13.2 Å². The van der Waals surface area contributed by atoms with Crippen molar-refractivity contribution in [3.8, 4) is 5.69 Å². The molecular weight excluding hydrogens is 450 g/mol. The van der Waals surface area contributed by atoms with Crippen LogP contribution in [-0.2, 0) is 10.0 Å². The number of rotatable bonds is 5. The summed E-state index contributed by atoms with van der Waals surface area (Å²) in [6, 6.07) is 11.2. The third kappa shape index (κ3) is 3.78. The van der Waals surface area contributed by atoms with Gasteiger partial charge in [-0.05, 0) is 46.8 Å². The lowest BCUT2D eigenvalue weighted by atomic mass is 10.3. The molecule has 0 bridgehead atoms. The first kappa shape index (κ1) is 21.0. The number of carbonyl (C=O) groups excluding carboxylic acids is 1. The zero-order valence-electron chi connectivity index (χ0n) is 17.4. The normalized spacial score (nSPS) is 17.8. The topological polar surface area (TPSA) is 105 Å². The van der Waals surface area contributed by atoms with Crippen molar-refractivity contribution in [1.29, 1.82) is 0 Å². The minimum absolute atomic E-state index is 0.129. The van der Waals surface area contributed by atoms with Gasteiger partial charge in [-0.1, -0.05) is 23.3 Å². The number of hydrogen-bond donors (Lipinski definition) is 0. The Labute approximate surface area is 190 Å². The van der Waals surface area contributed by atoms with Crippen molar-refractivity contribution < 1.29 is 13.2 Å². The highest BCUT2D eigenvalue weighted by Crippen LogP contribution is 2.29. The van der Waals surface area contributed by atoms with Crippen LogP contribution in [0.25, 0.3) is 5.69 Å². The molecule has 0 unspecified atom stereocenters. The molecule has 5 rings (SSSR count). The Morgan fingerprint density at radius 2 is 1.66 bits per heavy atom. The molecule has 12 heteroatoms. The van der Waals surface area contributed by atoms with Gasteiger partial charge in [-0.15, -0.1) is 11.3 Å². The van der Waals surface area contributed by atoms with Crippen LogP contribution in [0.2, 0.25) is 0 Å². The molecule has 4 heterocycles. The molecule has 2 fully saturated rings. The van der Waals surface area contributed by atoms with Crippen LogP contribution in [0.15, 0.2) is 46.7 Å². The Morgan fingerprint density at radius 3 is 2.38 bits per heavy atom. The first-order valence-corrected chi connectivity index (χ1v) is 12.8. The second-order valence-electron chi connectivity index (χ2n) is 7.73. The largest absolute Gasteiger partial charge is 0.336 e. The van der Waals surface area contributed by atoms with E-state index in [1.807, 2.05) is 35.2 Å². The summed E-state index contributed by atoms with van der Waals surface area (Å²) in [6.45, 7) is 3.06. The van der Waals surface area contributed by atoms with E-state index in [2.05, 4.69) is 15.5 Å². The van der Waals surface area contributed by atoms with Gasteiger partial charge in [-0.3, -0.25) is 4.79 Å². The van der Waals surface area contributed by atoms with E-state index in [1.165, 1.54) is 15.6 Å². The minimum atomic E-state index is -3.64. The fourth-order valence-electron chi connectivity index (χ4n) is 4.09. The lowest BCUT2D eigenvalue weighted by Gasteiger charge is -2.34. The summed E-state index contributed by atoms with van der Waals surface area (Å²) in [7, 11) is -3.64. The molecule has 3 aromatic rings. The maximum absolute atomic E-state index is 13.2. The second kappa shape index (κ2) is 8.60. The van der Waals surface area contributed by atoms with Gasteiger partial charge in [0.05, 0.1) is 5.69 Å². The number of thiophene rings is 1. The zero-order chi connectivity index (χ0) is 22.1. The Hall–Kier alpha value is -2.83. The molecule has 0 radical (unpaired) electrons. The molecule has 1 aromatic carbocycles. The highest BCUT2D eigenvalue weighted by molar-refractivity contribution is 7.89. The Kier molecular flexibility index (Phi) is 5.66. The number of piperazine rings is 1. The standard InChI is InChI=1S/C20H23N7O3S2/c28-19(18-17(8-15-31-18)32(29,30)26-9-4-5-10-26)24-11-13-25(14-12-24)20-21-22-23-27(20)16-6-2-1-3-7-16/h1-3,6-8,15H,4-5,9-14H2. The molecule has 0 aliphatic carbocycles. The Balaban J connectivity index is 1.30. The molecule has 2 saturated heterocycles. The molecule has 2 aromatic heterocycles. The number of anilines is 1. The van der Waals surface area contributed by atoms with Crippen LogP contribution in [0.5, 0.6) is 0 Å². The molecule has 32 heavy (non-hydrogen) atoms. The summed E-state index contributed by atoms with van der Waals surface area (Å²) in [5, 5.41) is 13.8. The number of sulfonamides is 1. The van der Waals surface area contributed by atoms with Gasteiger partial charge >= 0.3 is 0 Å². The first-order chi connectivity index (χ1) is 15.6. The monoisotopic (exact) mass is 473 g/mol. The third-order valence-corrected chi connectivity index (χ3v) is 8.78. The van der Waals surface area contributed by atoms with Crippen molar-refractivity contribution in [3.63, 3.8) is 0 Å². The molecule has 0 spiro atoms. The average Bonchev–Trinajstić information content (AvgIpc) is 3.60. The number of hydrogen-bond acceptors (Lipinski definition) is 8. The summed E-state index contributed by atoms with van der Waals surface area (Å²) >= 11 is 1.19.